The highest BCUT2D eigenvalue weighted by Crippen LogP contribution is 2.38. The van der Waals surface area contributed by atoms with E-state index in [-0.39, 0.29) is 26.1 Å². The van der Waals surface area contributed by atoms with Gasteiger partial charge in [-0.25, -0.2) is 0 Å². The number of phosphoric acid groups is 1. The summed E-state index contributed by atoms with van der Waals surface area (Å²) in [6.45, 7) is 3.98. The Morgan fingerprint density at radius 2 is 0.967 bits per heavy atom. The summed E-state index contributed by atoms with van der Waals surface area (Å²) in [5, 5.41) is 0. The zero-order chi connectivity index (χ0) is 44.3. The van der Waals surface area contributed by atoms with Gasteiger partial charge in [0.15, 0.2) is 6.10 Å². The molecule has 342 valence electrons. The summed E-state index contributed by atoms with van der Waals surface area (Å²) in [4.78, 5) is 37.6. The second-order valence-electron chi connectivity index (χ2n) is 16.0. The third-order valence-corrected chi connectivity index (χ3v) is 10.1. The van der Waals surface area contributed by atoms with Crippen LogP contribution in [0.5, 0.6) is 0 Å². The van der Waals surface area contributed by atoms with Crippen LogP contribution >= 0.6 is 7.82 Å². The summed E-state index contributed by atoms with van der Waals surface area (Å²) in [5.41, 5.74) is 0. The van der Waals surface area contributed by atoms with Gasteiger partial charge >= 0.3 is 11.9 Å². The van der Waals surface area contributed by atoms with Crippen molar-refractivity contribution >= 4 is 19.8 Å². The van der Waals surface area contributed by atoms with Crippen molar-refractivity contribution in [2.75, 3.05) is 47.5 Å². The smallest absolute Gasteiger partial charge is 0.306 e. The lowest BCUT2D eigenvalue weighted by Crippen LogP contribution is -2.37. The topological polar surface area (TPSA) is 111 Å². The van der Waals surface area contributed by atoms with E-state index in [2.05, 4.69) is 105 Å². The molecule has 0 fully saturated rings. The fraction of sp³-hybridized carbons (Fsp3) is 0.640. The normalized spacial score (nSPS) is 14.4. The van der Waals surface area contributed by atoms with Crippen molar-refractivity contribution in [2.24, 2.45) is 0 Å². The number of hydrogen-bond acceptors (Lipinski definition) is 8. The Morgan fingerprint density at radius 3 is 1.47 bits per heavy atom. The van der Waals surface area contributed by atoms with Crippen molar-refractivity contribution in [1.29, 1.82) is 0 Å². The first-order chi connectivity index (χ1) is 29.0. The van der Waals surface area contributed by atoms with E-state index in [9.17, 15) is 19.0 Å². The van der Waals surface area contributed by atoms with Crippen LogP contribution < -0.4 is 4.89 Å². The molecule has 60 heavy (non-hydrogen) atoms. The van der Waals surface area contributed by atoms with E-state index in [4.69, 9.17) is 18.5 Å². The number of hydrogen-bond donors (Lipinski definition) is 0. The number of carbonyl (C=O) groups is 2. The molecule has 0 aliphatic heterocycles. The van der Waals surface area contributed by atoms with Crippen molar-refractivity contribution in [2.45, 2.75) is 161 Å². The predicted octanol–water partition coefficient (Wildman–Crippen LogP) is 12.7. The highest BCUT2D eigenvalue weighted by atomic mass is 31.2. The average molecular weight is 858 g/mol. The number of esters is 2. The monoisotopic (exact) mass is 858 g/mol. The van der Waals surface area contributed by atoms with Gasteiger partial charge in [-0.3, -0.25) is 14.2 Å². The van der Waals surface area contributed by atoms with Gasteiger partial charge < -0.3 is 27.9 Å². The van der Waals surface area contributed by atoms with E-state index >= 15 is 0 Å². The number of rotatable bonds is 40. The van der Waals surface area contributed by atoms with Crippen LogP contribution in [0.15, 0.2) is 97.2 Å². The van der Waals surface area contributed by atoms with Gasteiger partial charge in [-0.2, -0.15) is 0 Å². The molecule has 0 N–H and O–H groups in total. The molecule has 2 unspecified atom stereocenters. The van der Waals surface area contributed by atoms with Crippen molar-refractivity contribution in [3.63, 3.8) is 0 Å². The Bertz CT molecular complexity index is 1340. The molecule has 0 radical (unpaired) electrons. The van der Waals surface area contributed by atoms with Crippen LogP contribution in [-0.4, -0.2) is 70.0 Å². The van der Waals surface area contributed by atoms with Crippen LogP contribution in [-0.2, 0) is 32.7 Å². The summed E-state index contributed by atoms with van der Waals surface area (Å²) >= 11 is 0. The minimum atomic E-state index is -4.65. The van der Waals surface area contributed by atoms with Crippen LogP contribution in [0.25, 0.3) is 0 Å². The number of allylic oxidation sites excluding steroid dienone is 16. The summed E-state index contributed by atoms with van der Waals surface area (Å²) in [7, 11) is 1.10. The standard InChI is InChI=1S/C50H84NO8P/c1-6-8-10-12-14-16-18-20-22-24-25-27-28-30-32-34-36-38-40-42-49(52)56-46-48(47-58-60(54,55)57-45-44-51(3,4)5)59-50(53)43-41-39-37-35-33-31-29-26-23-21-19-17-15-13-11-9-7-2/h9,11,14-17,20-23,25,27,29,31,35,37,48H,6-8,10,12-13,18-19,24,26,28,30,32-34,36,38-47H2,1-5H3/b11-9-,16-14-,17-15-,22-20-,23-21-,27-25-,31-29-,37-35-. The summed E-state index contributed by atoms with van der Waals surface area (Å²) in [6, 6.07) is 0. The molecule has 0 aliphatic rings. The van der Waals surface area contributed by atoms with Crippen LogP contribution in [0.2, 0.25) is 0 Å². The van der Waals surface area contributed by atoms with Crippen molar-refractivity contribution < 1.29 is 42.1 Å². The lowest BCUT2D eigenvalue weighted by molar-refractivity contribution is -0.870. The number of likely N-dealkylation sites (N-methyl/N-ethyl adjacent to an activating group) is 1. The number of quaternary nitrogens is 1. The van der Waals surface area contributed by atoms with Gasteiger partial charge in [0, 0.05) is 12.8 Å². The summed E-state index contributed by atoms with van der Waals surface area (Å²) in [5.74, 6) is -0.927. The second kappa shape index (κ2) is 41.3. The van der Waals surface area contributed by atoms with E-state index in [1.54, 1.807) is 0 Å². The maximum atomic E-state index is 12.7. The van der Waals surface area contributed by atoms with E-state index < -0.39 is 32.5 Å². The number of ether oxygens (including phenoxy) is 2. The largest absolute Gasteiger partial charge is 0.756 e. The molecule has 0 aromatic heterocycles. The first kappa shape index (κ1) is 56.9. The van der Waals surface area contributed by atoms with Crippen molar-refractivity contribution in [3.8, 4) is 0 Å². The second-order valence-corrected chi connectivity index (χ2v) is 17.4. The maximum absolute atomic E-state index is 12.7. The first-order valence-corrected chi connectivity index (χ1v) is 24.4. The minimum absolute atomic E-state index is 0.0495. The molecule has 2 atom stereocenters. The molecule has 0 aromatic carbocycles. The zero-order valence-corrected chi connectivity index (χ0v) is 39.3. The molecule has 0 spiro atoms. The fourth-order valence-electron chi connectivity index (χ4n) is 5.52. The molecule has 0 aliphatic carbocycles. The number of nitrogens with zero attached hydrogens (tertiary/aromatic N) is 1. The average Bonchev–Trinajstić information content (AvgIpc) is 3.20. The van der Waals surface area contributed by atoms with E-state index in [1.165, 1.54) is 25.7 Å². The molecule has 0 amide bonds. The van der Waals surface area contributed by atoms with E-state index in [0.717, 1.165) is 83.5 Å². The minimum Gasteiger partial charge on any atom is -0.756 e. The third kappa shape index (κ3) is 44.5. The molecule has 0 bridgehead atoms. The van der Waals surface area contributed by atoms with Crippen LogP contribution in [0.4, 0.5) is 0 Å². The van der Waals surface area contributed by atoms with Crippen molar-refractivity contribution in [1.82, 2.24) is 0 Å². The predicted molar refractivity (Wildman–Crippen MR) is 249 cm³/mol. The molecule has 0 saturated carbocycles. The molecule has 9 nitrogen and oxygen atoms in total. The Labute approximate surface area is 366 Å². The lowest BCUT2D eigenvalue weighted by Gasteiger charge is -2.28. The first-order valence-electron chi connectivity index (χ1n) is 22.9. The fourth-order valence-corrected chi connectivity index (χ4v) is 6.25. The van der Waals surface area contributed by atoms with Gasteiger partial charge in [0.1, 0.15) is 19.8 Å². The Kier molecular flexibility index (Phi) is 39.2. The van der Waals surface area contributed by atoms with E-state index in [1.807, 2.05) is 27.2 Å². The summed E-state index contributed by atoms with van der Waals surface area (Å²) < 4.78 is 33.8. The molecule has 10 heteroatoms. The quantitative estimate of drug-likeness (QED) is 0.0197. The SMILES string of the molecule is CC/C=C\C/C=C\C/C=C\C/C=C\C/C=C\CCCC(=O)OC(COC(=O)CCCCCCCC/C=C\C/C=C\C/C=C\CCCCC)COP(=O)([O-])OCC[N+](C)(C)C. The maximum Gasteiger partial charge on any atom is 0.306 e. The Morgan fingerprint density at radius 1 is 0.533 bits per heavy atom. The molecule has 0 saturated heterocycles. The molecule has 0 aromatic rings. The van der Waals surface area contributed by atoms with Crippen molar-refractivity contribution in [3.05, 3.63) is 97.2 Å². The van der Waals surface area contributed by atoms with Gasteiger partial charge in [0.05, 0.1) is 27.7 Å². The Balaban J connectivity index is 4.47. The summed E-state index contributed by atoms with van der Waals surface area (Å²) in [6.07, 6.45) is 54.4. The molecular formula is C50H84NO8P. The highest BCUT2D eigenvalue weighted by Gasteiger charge is 2.21. The zero-order valence-electron chi connectivity index (χ0n) is 38.4. The highest BCUT2D eigenvalue weighted by molar-refractivity contribution is 7.45. The molecule has 0 rings (SSSR count). The number of phosphoric ester groups is 1. The number of carbonyl (C=O) groups excluding carboxylic acids is 2. The number of unbranched alkanes of at least 4 members (excludes halogenated alkanes) is 10. The van der Waals surface area contributed by atoms with Gasteiger partial charge in [-0.15, -0.1) is 0 Å². The van der Waals surface area contributed by atoms with Crippen LogP contribution in [0, 0.1) is 0 Å². The van der Waals surface area contributed by atoms with Crippen LogP contribution in [0.1, 0.15) is 155 Å². The van der Waals surface area contributed by atoms with E-state index in [0.29, 0.717) is 30.3 Å². The molecule has 0 heterocycles. The van der Waals surface area contributed by atoms with Gasteiger partial charge in [-0.1, -0.05) is 150 Å². The van der Waals surface area contributed by atoms with Gasteiger partial charge in [0.25, 0.3) is 7.82 Å². The Hall–Kier alpha value is -3.07. The van der Waals surface area contributed by atoms with Gasteiger partial charge in [0.2, 0.25) is 0 Å². The third-order valence-electron chi connectivity index (χ3n) is 9.09. The molecular weight excluding hydrogens is 774 g/mol. The van der Waals surface area contributed by atoms with Gasteiger partial charge in [-0.05, 0) is 89.9 Å². The lowest BCUT2D eigenvalue weighted by atomic mass is 10.1. The van der Waals surface area contributed by atoms with Crippen LogP contribution in [0.3, 0.4) is 0 Å².